The number of hydrogen-bond donors (Lipinski definition) is 2. The average Bonchev–Trinajstić information content (AvgIpc) is 2.82. The predicted molar refractivity (Wildman–Crippen MR) is 69.5 cm³/mol. The molecule has 1 aromatic carbocycles. The van der Waals surface area contributed by atoms with Crippen molar-refractivity contribution < 1.29 is 22.6 Å². The largest absolute Gasteiger partial charge is 0.432 e. The molecule has 0 saturated heterocycles. The SMILES string of the molecule is COC1CCC(Nc2cc(OC(F)F)c(F)cc2N)C1. The summed E-state index contributed by atoms with van der Waals surface area (Å²) in [4.78, 5) is 0. The van der Waals surface area contributed by atoms with Crippen molar-refractivity contribution in [3.8, 4) is 5.75 Å². The highest BCUT2D eigenvalue weighted by Gasteiger charge is 2.25. The first-order valence-corrected chi connectivity index (χ1v) is 6.32. The summed E-state index contributed by atoms with van der Waals surface area (Å²) in [5, 5.41) is 3.12. The molecule has 2 atom stereocenters. The van der Waals surface area contributed by atoms with Crippen LogP contribution in [0.1, 0.15) is 19.3 Å². The number of nitrogens with one attached hydrogen (secondary N) is 1. The number of anilines is 2. The normalized spacial score (nSPS) is 22.2. The standard InChI is InChI=1S/C13H17F3N2O2/c1-19-8-3-2-7(4-8)18-11-6-12(20-13(15)16)9(14)5-10(11)17/h5-8,13,18H,2-4,17H2,1H3. The zero-order chi connectivity index (χ0) is 14.7. The van der Waals surface area contributed by atoms with Crippen LogP contribution >= 0.6 is 0 Å². The average molecular weight is 290 g/mol. The summed E-state index contributed by atoms with van der Waals surface area (Å²) in [6, 6.07) is 2.26. The number of rotatable bonds is 5. The molecule has 20 heavy (non-hydrogen) atoms. The maximum absolute atomic E-state index is 13.4. The van der Waals surface area contributed by atoms with Crippen molar-refractivity contribution in [2.24, 2.45) is 0 Å². The van der Waals surface area contributed by atoms with E-state index >= 15 is 0 Å². The second-order valence-corrected chi connectivity index (χ2v) is 4.76. The van der Waals surface area contributed by atoms with Crippen LogP contribution in [-0.4, -0.2) is 25.9 Å². The molecule has 0 aliphatic heterocycles. The lowest BCUT2D eigenvalue weighted by atomic mass is 10.2. The molecule has 1 fully saturated rings. The van der Waals surface area contributed by atoms with Gasteiger partial charge in [0.15, 0.2) is 11.6 Å². The van der Waals surface area contributed by atoms with Crippen LogP contribution in [0.5, 0.6) is 5.75 Å². The van der Waals surface area contributed by atoms with Crippen LogP contribution in [0.25, 0.3) is 0 Å². The summed E-state index contributed by atoms with van der Waals surface area (Å²) in [5.41, 5.74) is 6.24. The molecule has 0 aromatic heterocycles. The van der Waals surface area contributed by atoms with E-state index in [1.807, 2.05) is 0 Å². The van der Waals surface area contributed by atoms with Crippen molar-refractivity contribution in [3.05, 3.63) is 17.9 Å². The molecule has 3 N–H and O–H groups in total. The number of methoxy groups -OCH3 is 1. The van der Waals surface area contributed by atoms with Gasteiger partial charge in [0, 0.05) is 25.3 Å². The van der Waals surface area contributed by atoms with E-state index in [9.17, 15) is 13.2 Å². The lowest BCUT2D eigenvalue weighted by molar-refractivity contribution is -0.0521. The quantitative estimate of drug-likeness (QED) is 0.819. The molecule has 0 amide bonds. The molecule has 0 bridgehead atoms. The lowest BCUT2D eigenvalue weighted by Crippen LogP contribution is -2.18. The predicted octanol–water partition coefficient (Wildman–Crippen LogP) is 2.99. The third kappa shape index (κ3) is 3.47. The van der Waals surface area contributed by atoms with Gasteiger partial charge in [0.1, 0.15) is 0 Å². The van der Waals surface area contributed by atoms with Gasteiger partial charge in [-0.2, -0.15) is 8.78 Å². The molecule has 0 heterocycles. The van der Waals surface area contributed by atoms with Gasteiger partial charge in [-0.1, -0.05) is 0 Å². The van der Waals surface area contributed by atoms with E-state index in [0.29, 0.717) is 5.69 Å². The van der Waals surface area contributed by atoms with E-state index in [0.717, 1.165) is 31.4 Å². The number of alkyl halides is 2. The van der Waals surface area contributed by atoms with Crippen LogP contribution in [0.2, 0.25) is 0 Å². The number of nitrogens with two attached hydrogens (primary N) is 1. The van der Waals surface area contributed by atoms with Crippen molar-refractivity contribution in [1.82, 2.24) is 0 Å². The monoisotopic (exact) mass is 290 g/mol. The summed E-state index contributed by atoms with van der Waals surface area (Å²) in [7, 11) is 1.65. The van der Waals surface area contributed by atoms with Gasteiger partial charge >= 0.3 is 6.61 Å². The van der Waals surface area contributed by atoms with Crippen molar-refractivity contribution in [2.45, 2.75) is 38.0 Å². The Balaban J connectivity index is 2.11. The van der Waals surface area contributed by atoms with E-state index in [1.165, 1.54) is 0 Å². The second-order valence-electron chi connectivity index (χ2n) is 4.76. The van der Waals surface area contributed by atoms with Crippen LogP contribution < -0.4 is 15.8 Å². The van der Waals surface area contributed by atoms with Gasteiger partial charge < -0.3 is 20.5 Å². The molecular formula is C13H17F3N2O2. The van der Waals surface area contributed by atoms with Crippen molar-refractivity contribution in [2.75, 3.05) is 18.2 Å². The van der Waals surface area contributed by atoms with E-state index in [-0.39, 0.29) is 17.8 Å². The Labute approximate surface area is 115 Å². The Hall–Kier alpha value is -1.63. The molecular weight excluding hydrogens is 273 g/mol. The Kier molecular flexibility index (Phi) is 4.59. The van der Waals surface area contributed by atoms with Crippen molar-refractivity contribution in [1.29, 1.82) is 0 Å². The Morgan fingerprint density at radius 2 is 2.10 bits per heavy atom. The molecule has 0 radical (unpaired) electrons. The fourth-order valence-electron chi connectivity index (χ4n) is 2.39. The molecule has 0 spiro atoms. The first-order chi connectivity index (χ1) is 9.49. The van der Waals surface area contributed by atoms with Crippen LogP contribution in [0.4, 0.5) is 24.5 Å². The zero-order valence-corrected chi connectivity index (χ0v) is 11.0. The third-order valence-electron chi connectivity index (χ3n) is 3.40. The maximum Gasteiger partial charge on any atom is 0.387 e. The van der Waals surface area contributed by atoms with Crippen LogP contribution in [-0.2, 0) is 4.74 Å². The van der Waals surface area contributed by atoms with E-state index in [1.54, 1.807) is 7.11 Å². The topological polar surface area (TPSA) is 56.5 Å². The van der Waals surface area contributed by atoms with Gasteiger partial charge in [-0.25, -0.2) is 4.39 Å². The van der Waals surface area contributed by atoms with E-state index < -0.39 is 18.2 Å². The van der Waals surface area contributed by atoms with Crippen molar-refractivity contribution >= 4 is 11.4 Å². The number of hydrogen-bond acceptors (Lipinski definition) is 4. The fraction of sp³-hybridized carbons (Fsp3) is 0.538. The first kappa shape index (κ1) is 14.8. The van der Waals surface area contributed by atoms with Gasteiger partial charge in [-0.15, -0.1) is 0 Å². The Bertz CT molecular complexity index is 471. The summed E-state index contributed by atoms with van der Waals surface area (Å²) in [6.07, 6.45) is 2.75. The highest BCUT2D eigenvalue weighted by atomic mass is 19.3. The Morgan fingerprint density at radius 3 is 2.70 bits per heavy atom. The van der Waals surface area contributed by atoms with Gasteiger partial charge in [-0.3, -0.25) is 0 Å². The lowest BCUT2D eigenvalue weighted by Gasteiger charge is -2.17. The highest BCUT2D eigenvalue weighted by molar-refractivity contribution is 5.69. The molecule has 4 nitrogen and oxygen atoms in total. The van der Waals surface area contributed by atoms with E-state index in [2.05, 4.69) is 10.1 Å². The van der Waals surface area contributed by atoms with Crippen molar-refractivity contribution in [3.63, 3.8) is 0 Å². The molecule has 1 aromatic rings. The zero-order valence-electron chi connectivity index (χ0n) is 11.0. The van der Waals surface area contributed by atoms with Gasteiger partial charge in [0.2, 0.25) is 0 Å². The fourth-order valence-corrected chi connectivity index (χ4v) is 2.39. The summed E-state index contributed by atoms with van der Waals surface area (Å²) in [6.45, 7) is -3.08. The maximum atomic E-state index is 13.4. The summed E-state index contributed by atoms with van der Waals surface area (Å²) in [5.74, 6) is -1.42. The number of benzene rings is 1. The first-order valence-electron chi connectivity index (χ1n) is 6.32. The Morgan fingerprint density at radius 1 is 1.35 bits per heavy atom. The van der Waals surface area contributed by atoms with Crippen LogP contribution in [0.15, 0.2) is 12.1 Å². The number of nitrogen functional groups attached to an aromatic ring is 1. The second kappa shape index (κ2) is 6.21. The summed E-state index contributed by atoms with van der Waals surface area (Å²) >= 11 is 0. The molecule has 1 aliphatic carbocycles. The molecule has 1 aliphatic rings. The van der Waals surface area contributed by atoms with Gasteiger partial charge in [-0.05, 0) is 19.3 Å². The molecule has 2 unspecified atom stereocenters. The molecule has 7 heteroatoms. The minimum absolute atomic E-state index is 0.118. The minimum Gasteiger partial charge on any atom is -0.432 e. The van der Waals surface area contributed by atoms with Gasteiger partial charge in [0.05, 0.1) is 17.5 Å². The van der Waals surface area contributed by atoms with Crippen LogP contribution in [0.3, 0.4) is 0 Å². The molecule has 1 saturated carbocycles. The van der Waals surface area contributed by atoms with E-state index in [4.69, 9.17) is 10.5 Å². The number of halogens is 3. The van der Waals surface area contributed by atoms with Crippen LogP contribution in [0, 0.1) is 5.82 Å². The molecule has 112 valence electrons. The number of ether oxygens (including phenoxy) is 2. The third-order valence-corrected chi connectivity index (χ3v) is 3.40. The minimum atomic E-state index is -3.08. The van der Waals surface area contributed by atoms with Gasteiger partial charge in [0.25, 0.3) is 0 Å². The molecule has 2 rings (SSSR count). The highest BCUT2D eigenvalue weighted by Crippen LogP contribution is 2.32. The summed E-state index contributed by atoms with van der Waals surface area (Å²) < 4.78 is 47.2. The smallest absolute Gasteiger partial charge is 0.387 e.